The predicted octanol–water partition coefficient (Wildman–Crippen LogP) is 2.80. The van der Waals surface area contributed by atoms with Crippen molar-refractivity contribution in [1.82, 2.24) is 20.4 Å². The van der Waals surface area contributed by atoms with Crippen LogP contribution in [0.25, 0.3) is 0 Å². The van der Waals surface area contributed by atoms with E-state index < -0.39 is 0 Å². The number of benzene rings is 1. The predicted molar refractivity (Wildman–Crippen MR) is 109 cm³/mol. The van der Waals surface area contributed by atoms with E-state index in [0.717, 1.165) is 30.0 Å². The minimum Gasteiger partial charge on any atom is -0.492 e. The zero-order valence-electron chi connectivity index (χ0n) is 16.2. The van der Waals surface area contributed by atoms with Gasteiger partial charge in [0.1, 0.15) is 12.4 Å². The van der Waals surface area contributed by atoms with Crippen LogP contribution in [0.5, 0.6) is 5.75 Å². The van der Waals surface area contributed by atoms with Gasteiger partial charge in [-0.05, 0) is 25.0 Å². The Bertz CT molecular complexity index is 746. The van der Waals surface area contributed by atoms with Crippen LogP contribution < -0.4 is 15.4 Å². The van der Waals surface area contributed by atoms with Crippen molar-refractivity contribution in [2.45, 2.75) is 46.3 Å². The van der Waals surface area contributed by atoms with E-state index in [9.17, 15) is 4.79 Å². The molecule has 0 bridgehead atoms. The van der Waals surface area contributed by atoms with E-state index in [1.165, 1.54) is 0 Å². The quantitative estimate of drug-likeness (QED) is 0.760. The van der Waals surface area contributed by atoms with Gasteiger partial charge < -0.3 is 15.4 Å². The third kappa shape index (κ3) is 5.23. The third-order valence-electron chi connectivity index (χ3n) is 4.90. The van der Waals surface area contributed by atoms with Crippen molar-refractivity contribution in [3.05, 3.63) is 47.3 Å². The van der Waals surface area contributed by atoms with Gasteiger partial charge in [0.25, 0.3) is 5.91 Å². The Morgan fingerprint density at radius 3 is 2.74 bits per heavy atom. The van der Waals surface area contributed by atoms with Crippen molar-refractivity contribution in [3.8, 4) is 5.75 Å². The Hall–Kier alpha value is -2.05. The first-order chi connectivity index (χ1) is 12.6. The molecular weight excluding hydrogens is 364 g/mol. The number of rotatable bonds is 7. The van der Waals surface area contributed by atoms with Gasteiger partial charge >= 0.3 is 0 Å². The van der Waals surface area contributed by atoms with Crippen LogP contribution in [0.3, 0.4) is 0 Å². The lowest BCUT2D eigenvalue weighted by Crippen LogP contribution is -2.37. The summed E-state index contributed by atoms with van der Waals surface area (Å²) < 4.78 is 7.73. The van der Waals surface area contributed by atoms with E-state index in [4.69, 9.17) is 4.74 Å². The summed E-state index contributed by atoms with van der Waals surface area (Å²) >= 11 is 0. The maximum atomic E-state index is 12.7. The summed E-state index contributed by atoms with van der Waals surface area (Å²) in [6.07, 6.45) is 0.876. The SMILES string of the molecule is CC(C)C(C)NC(=O)c1nn(CCOc2ccccc2)c2c1CNCC2.Cl. The molecule has 0 radical (unpaired) electrons. The number of halogens is 1. The molecule has 7 heteroatoms. The molecule has 1 aromatic heterocycles. The minimum atomic E-state index is -0.0890. The van der Waals surface area contributed by atoms with Gasteiger partial charge in [0.15, 0.2) is 5.69 Å². The molecule has 0 aliphatic carbocycles. The summed E-state index contributed by atoms with van der Waals surface area (Å²) in [5.41, 5.74) is 2.70. The van der Waals surface area contributed by atoms with Gasteiger partial charge in [-0.3, -0.25) is 9.48 Å². The van der Waals surface area contributed by atoms with Gasteiger partial charge in [0, 0.05) is 36.8 Å². The molecule has 1 aliphatic rings. The molecule has 2 heterocycles. The Labute approximate surface area is 167 Å². The molecule has 2 aromatic rings. The smallest absolute Gasteiger partial charge is 0.272 e. The largest absolute Gasteiger partial charge is 0.492 e. The lowest BCUT2D eigenvalue weighted by Gasteiger charge is -2.18. The van der Waals surface area contributed by atoms with Crippen molar-refractivity contribution in [2.24, 2.45) is 5.92 Å². The second-order valence-electron chi connectivity index (χ2n) is 7.09. The maximum Gasteiger partial charge on any atom is 0.272 e. The number of aromatic nitrogens is 2. The van der Waals surface area contributed by atoms with Crippen molar-refractivity contribution >= 4 is 18.3 Å². The number of nitrogens with zero attached hydrogens (tertiary/aromatic N) is 2. The molecule has 1 aromatic carbocycles. The molecule has 0 saturated heterocycles. The number of nitrogens with one attached hydrogen (secondary N) is 2. The third-order valence-corrected chi connectivity index (χ3v) is 4.90. The monoisotopic (exact) mass is 392 g/mol. The van der Waals surface area contributed by atoms with Crippen molar-refractivity contribution in [3.63, 3.8) is 0 Å². The molecule has 1 unspecified atom stereocenters. The first kappa shape index (κ1) is 21.3. The lowest BCUT2D eigenvalue weighted by molar-refractivity contribution is 0.0923. The van der Waals surface area contributed by atoms with E-state index in [-0.39, 0.29) is 24.4 Å². The Balaban J connectivity index is 0.00000261. The van der Waals surface area contributed by atoms with Crippen LogP contribution in [0.4, 0.5) is 0 Å². The van der Waals surface area contributed by atoms with E-state index in [0.29, 0.717) is 31.3 Å². The maximum absolute atomic E-state index is 12.7. The molecule has 1 aliphatic heterocycles. The fourth-order valence-corrected chi connectivity index (χ4v) is 3.00. The summed E-state index contributed by atoms with van der Waals surface area (Å²) in [6.45, 7) is 8.97. The summed E-state index contributed by atoms with van der Waals surface area (Å²) in [6, 6.07) is 9.86. The molecule has 0 spiro atoms. The molecule has 0 fully saturated rings. The molecule has 148 valence electrons. The van der Waals surface area contributed by atoms with Gasteiger partial charge in [0.05, 0.1) is 6.54 Å². The molecular formula is C20H29ClN4O2. The van der Waals surface area contributed by atoms with Crippen LogP contribution in [0.15, 0.2) is 30.3 Å². The Morgan fingerprint density at radius 1 is 1.30 bits per heavy atom. The molecule has 3 rings (SSSR count). The van der Waals surface area contributed by atoms with Crippen LogP contribution in [0.1, 0.15) is 42.5 Å². The minimum absolute atomic E-state index is 0. The van der Waals surface area contributed by atoms with Crippen LogP contribution in [-0.2, 0) is 19.5 Å². The fraction of sp³-hybridized carbons (Fsp3) is 0.500. The van der Waals surface area contributed by atoms with Crippen molar-refractivity contribution in [2.75, 3.05) is 13.2 Å². The van der Waals surface area contributed by atoms with Gasteiger partial charge in [-0.25, -0.2) is 0 Å². The summed E-state index contributed by atoms with van der Waals surface area (Å²) in [5.74, 6) is 1.14. The highest BCUT2D eigenvalue weighted by Gasteiger charge is 2.25. The molecule has 6 nitrogen and oxygen atoms in total. The van der Waals surface area contributed by atoms with E-state index in [1.807, 2.05) is 41.9 Å². The number of ether oxygens (including phenoxy) is 1. The van der Waals surface area contributed by atoms with E-state index in [1.54, 1.807) is 0 Å². The van der Waals surface area contributed by atoms with E-state index in [2.05, 4.69) is 29.6 Å². The average molecular weight is 393 g/mol. The highest BCUT2D eigenvalue weighted by molar-refractivity contribution is 5.94. The van der Waals surface area contributed by atoms with Crippen LogP contribution in [0, 0.1) is 5.92 Å². The molecule has 0 saturated carbocycles. The summed E-state index contributed by atoms with van der Waals surface area (Å²) in [7, 11) is 0. The van der Waals surface area contributed by atoms with Crippen molar-refractivity contribution in [1.29, 1.82) is 0 Å². The summed E-state index contributed by atoms with van der Waals surface area (Å²) in [5, 5.41) is 11.0. The van der Waals surface area contributed by atoms with Gasteiger partial charge in [-0.2, -0.15) is 5.10 Å². The van der Waals surface area contributed by atoms with Crippen LogP contribution in [-0.4, -0.2) is 34.9 Å². The first-order valence-electron chi connectivity index (χ1n) is 9.34. The first-order valence-corrected chi connectivity index (χ1v) is 9.34. The summed E-state index contributed by atoms with van der Waals surface area (Å²) in [4.78, 5) is 12.7. The number of carbonyl (C=O) groups excluding carboxylic acids is 1. The highest BCUT2D eigenvalue weighted by atomic mass is 35.5. The molecule has 27 heavy (non-hydrogen) atoms. The van der Waals surface area contributed by atoms with Crippen LogP contribution >= 0.6 is 12.4 Å². The van der Waals surface area contributed by atoms with Crippen LogP contribution in [0.2, 0.25) is 0 Å². The second-order valence-corrected chi connectivity index (χ2v) is 7.09. The fourth-order valence-electron chi connectivity index (χ4n) is 3.00. The molecule has 1 atom stereocenters. The van der Waals surface area contributed by atoms with E-state index >= 15 is 0 Å². The van der Waals surface area contributed by atoms with Gasteiger partial charge in [0.2, 0.25) is 0 Å². The Morgan fingerprint density at radius 2 is 2.04 bits per heavy atom. The van der Waals surface area contributed by atoms with Gasteiger partial charge in [-0.15, -0.1) is 12.4 Å². The molecule has 2 N–H and O–H groups in total. The average Bonchev–Trinajstić information content (AvgIpc) is 3.01. The zero-order chi connectivity index (χ0) is 18.5. The normalized spacial score (nSPS) is 14.2. The molecule has 1 amide bonds. The van der Waals surface area contributed by atoms with Crippen molar-refractivity contribution < 1.29 is 9.53 Å². The standard InChI is InChI=1S/C20H28N4O2.ClH/c1-14(2)15(3)22-20(25)19-17-13-21-10-9-18(17)24(23-19)11-12-26-16-7-5-4-6-8-16;/h4-8,14-15,21H,9-13H2,1-3H3,(H,22,25);1H. The highest BCUT2D eigenvalue weighted by Crippen LogP contribution is 2.19. The number of para-hydroxylation sites is 1. The number of hydrogen-bond donors (Lipinski definition) is 2. The topological polar surface area (TPSA) is 68.2 Å². The zero-order valence-corrected chi connectivity index (χ0v) is 17.0. The number of carbonyl (C=O) groups is 1. The Kier molecular flexibility index (Phi) is 7.68. The number of fused-ring (bicyclic) bond motifs is 1. The number of hydrogen-bond acceptors (Lipinski definition) is 4. The second kappa shape index (κ2) is 9.76. The lowest BCUT2D eigenvalue weighted by atomic mass is 10.0. The number of amides is 1. The van der Waals surface area contributed by atoms with Gasteiger partial charge in [-0.1, -0.05) is 32.0 Å².